The Morgan fingerprint density at radius 2 is 1.60 bits per heavy atom. The monoisotopic (exact) mass is 532 g/mol. The number of piperidine rings is 1. The maximum absolute atomic E-state index is 13.5. The summed E-state index contributed by atoms with van der Waals surface area (Å²) >= 11 is 0. The lowest BCUT2D eigenvalue weighted by Gasteiger charge is -2.35. The molecule has 1 aliphatic heterocycles. The van der Waals surface area contributed by atoms with Gasteiger partial charge < -0.3 is 15.5 Å². The molecule has 6 heteroatoms. The summed E-state index contributed by atoms with van der Waals surface area (Å²) in [5, 5.41) is 6.02. The number of amides is 2. The van der Waals surface area contributed by atoms with Crippen LogP contribution in [0.2, 0.25) is 0 Å². The van der Waals surface area contributed by atoms with Crippen LogP contribution < -0.4 is 15.5 Å². The highest BCUT2D eigenvalue weighted by Crippen LogP contribution is 2.30. The van der Waals surface area contributed by atoms with Gasteiger partial charge in [0.1, 0.15) is 0 Å². The zero-order chi connectivity index (χ0) is 27.7. The van der Waals surface area contributed by atoms with E-state index in [1.807, 2.05) is 48.5 Å². The summed E-state index contributed by atoms with van der Waals surface area (Å²) in [4.78, 5) is 32.9. The van der Waals surface area contributed by atoms with Crippen LogP contribution in [0.1, 0.15) is 57.2 Å². The van der Waals surface area contributed by atoms with E-state index in [4.69, 9.17) is 0 Å². The predicted molar refractivity (Wildman–Crippen MR) is 161 cm³/mol. The minimum absolute atomic E-state index is 0.173. The van der Waals surface area contributed by atoms with Gasteiger partial charge in [0.05, 0.1) is 5.56 Å². The summed E-state index contributed by atoms with van der Waals surface area (Å²) in [5.74, 6) is 0.256. The van der Waals surface area contributed by atoms with Crippen molar-refractivity contribution in [1.82, 2.24) is 10.3 Å². The third-order valence-electron chi connectivity index (χ3n) is 7.62. The van der Waals surface area contributed by atoms with E-state index < -0.39 is 0 Å². The fourth-order valence-electron chi connectivity index (χ4n) is 5.27. The topological polar surface area (TPSA) is 74.3 Å². The minimum atomic E-state index is -0.196. The maximum Gasteiger partial charge on any atom is 0.255 e. The Bertz CT molecular complexity index is 1410. The van der Waals surface area contributed by atoms with Gasteiger partial charge in [0.15, 0.2) is 0 Å². The zero-order valence-corrected chi connectivity index (χ0v) is 23.0. The average Bonchev–Trinajstić information content (AvgIpc) is 3.01. The zero-order valence-electron chi connectivity index (χ0n) is 23.0. The number of carbonyl (C=O) groups excluding carboxylic acids is 2. The molecule has 1 fully saturated rings. The Morgan fingerprint density at radius 3 is 2.30 bits per heavy atom. The number of benzene rings is 3. The molecule has 3 aromatic carbocycles. The Morgan fingerprint density at radius 1 is 0.850 bits per heavy atom. The van der Waals surface area contributed by atoms with Gasteiger partial charge in [-0.3, -0.25) is 14.6 Å². The van der Waals surface area contributed by atoms with Crippen LogP contribution in [-0.4, -0.2) is 29.9 Å². The SMILES string of the molecule is CCc1ccc(C(=O)Nc2ccc(N3CCC(Cc4ccccc4)CC3)c(C(=O)NCc3cccnc3)c2)cc1. The molecule has 5 rings (SSSR count). The standard InChI is InChI=1S/C34H36N4O2/c1-2-25-10-12-29(13-11-25)33(39)37-30-14-15-32(31(22-30)34(40)36-24-28-9-6-18-35-23-28)38-19-16-27(17-20-38)21-26-7-4-3-5-8-26/h3-15,18,22-23,27H,2,16-17,19-21,24H2,1H3,(H,36,40)(H,37,39). The summed E-state index contributed by atoms with van der Waals surface area (Å²) in [7, 11) is 0. The molecule has 0 aliphatic carbocycles. The molecule has 0 spiro atoms. The number of anilines is 2. The van der Waals surface area contributed by atoms with Crippen LogP contribution in [0.15, 0.2) is 97.3 Å². The van der Waals surface area contributed by atoms with Crippen molar-refractivity contribution in [1.29, 1.82) is 0 Å². The van der Waals surface area contributed by atoms with Crippen molar-refractivity contribution in [3.05, 3.63) is 125 Å². The fourth-order valence-corrected chi connectivity index (χ4v) is 5.27. The van der Waals surface area contributed by atoms with E-state index in [1.165, 1.54) is 11.1 Å². The van der Waals surface area contributed by atoms with Gasteiger partial charge in [-0.2, -0.15) is 0 Å². The predicted octanol–water partition coefficient (Wildman–Crippen LogP) is 6.29. The van der Waals surface area contributed by atoms with E-state index in [0.717, 1.165) is 50.0 Å². The van der Waals surface area contributed by atoms with E-state index in [9.17, 15) is 9.59 Å². The summed E-state index contributed by atoms with van der Waals surface area (Å²) in [5.41, 5.74) is 6.13. The van der Waals surface area contributed by atoms with Crippen molar-refractivity contribution in [3.63, 3.8) is 0 Å². The fraction of sp³-hybridized carbons (Fsp3) is 0.265. The molecule has 0 saturated carbocycles. The van der Waals surface area contributed by atoms with Crippen LogP contribution in [0.25, 0.3) is 0 Å². The first-order valence-corrected chi connectivity index (χ1v) is 14.1. The third-order valence-corrected chi connectivity index (χ3v) is 7.62. The van der Waals surface area contributed by atoms with Crippen molar-refractivity contribution in [2.45, 2.75) is 39.2 Å². The van der Waals surface area contributed by atoms with Gasteiger partial charge in [0, 0.05) is 49.0 Å². The number of rotatable bonds is 9. The van der Waals surface area contributed by atoms with E-state index in [-0.39, 0.29) is 11.8 Å². The third kappa shape index (κ3) is 6.94. The Kier molecular flexibility index (Phi) is 8.86. The molecule has 2 amide bonds. The van der Waals surface area contributed by atoms with E-state index in [1.54, 1.807) is 18.5 Å². The van der Waals surface area contributed by atoms with Crippen molar-refractivity contribution in [2.24, 2.45) is 5.92 Å². The van der Waals surface area contributed by atoms with Crippen LogP contribution in [0, 0.1) is 5.92 Å². The highest BCUT2D eigenvalue weighted by Gasteiger charge is 2.24. The number of hydrogen-bond acceptors (Lipinski definition) is 4. The number of carbonyl (C=O) groups is 2. The molecule has 40 heavy (non-hydrogen) atoms. The van der Waals surface area contributed by atoms with Crippen molar-refractivity contribution in [2.75, 3.05) is 23.3 Å². The van der Waals surface area contributed by atoms with Crippen LogP contribution in [0.3, 0.4) is 0 Å². The molecule has 4 aromatic rings. The van der Waals surface area contributed by atoms with Gasteiger partial charge in [-0.25, -0.2) is 0 Å². The van der Waals surface area contributed by atoms with Crippen molar-refractivity contribution < 1.29 is 9.59 Å². The molecule has 1 aromatic heterocycles. The lowest BCUT2D eigenvalue weighted by Crippen LogP contribution is -2.36. The second-order valence-electron chi connectivity index (χ2n) is 10.4. The van der Waals surface area contributed by atoms with Gasteiger partial charge in [-0.05, 0) is 84.7 Å². The van der Waals surface area contributed by atoms with Gasteiger partial charge >= 0.3 is 0 Å². The molecule has 1 aliphatic rings. The van der Waals surface area contributed by atoms with Gasteiger partial charge in [0.2, 0.25) is 0 Å². The average molecular weight is 533 g/mol. The normalized spacial score (nSPS) is 13.6. The van der Waals surface area contributed by atoms with Crippen molar-refractivity contribution in [3.8, 4) is 0 Å². The smallest absolute Gasteiger partial charge is 0.255 e. The van der Waals surface area contributed by atoms with Gasteiger partial charge in [0.25, 0.3) is 11.8 Å². The number of aromatic nitrogens is 1. The quantitative estimate of drug-likeness (QED) is 0.266. The molecule has 204 valence electrons. The highest BCUT2D eigenvalue weighted by molar-refractivity contribution is 6.06. The number of pyridine rings is 1. The lowest BCUT2D eigenvalue weighted by atomic mass is 9.89. The van der Waals surface area contributed by atoms with Crippen LogP contribution >= 0.6 is 0 Å². The molecular formula is C34H36N4O2. The second-order valence-corrected chi connectivity index (χ2v) is 10.4. The number of hydrogen-bond donors (Lipinski definition) is 2. The second kappa shape index (κ2) is 13.1. The number of aryl methyl sites for hydroxylation is 1. The molecule has 6 nitrogen and oxygen atoms in total. The van der Waals surface area contributed by atoms with Crippen LogP contribution in [0.4, 0.5) is 11.4 Å². The van der Waals surface area contributed by atoms with Crippen LogP contribution in [0.5, 0.6) is 0 Å². The molecule has 0 bridgehead atoms. The van der Waals surface area contributed by atoms with Gasteiger partial charge in [-0.1, -0.05) is 55.5 Å². The summed E-state index contributed by atoms with van der Waals surface area (Å²) < 4.78 is 0. The lowest BCUT2D eigenvalue weighted by molar-refractivity contribution is 0.0950. The van der Waals surface area contributed by atoms with E-state index >= 15 is 0 Å². The summed E-state index contributed by atoms with van der Waals surface area (Å²) in [6.45, 7) is 4.24. The van der Waals surface area contributed by atoms with Crippen molar-refractivity contribution >= 4 is 23.2 Å². The molecule has 2 N–H and O–H groups in total. The first-order valence-electron chi connectivity index (χ1n) is 14.1. The van der Waals surface area contributed by atoms with Gasteiger partial charge in [-0.15, -0.1) is 0 Å². The molecule has 1 saturated heterocycles. The van der Waals surface area contributed by atoms with Crippen LogP contribution in [-0.2, 0) is 19.4 Å². The minimum Gasteiger partial charge on any atom is -0.371 e. The Labute approximate surface area is 236 Å². The van der Waals surface area contributed by atoms with E-state index in [2.05, 4.69) is 57.8 Å². The first-order chi connectivity index (χ1) is 19.6. The summed E-state index contributed by atoms with van der Waals surface area (Å²) in [6.07, 6.45) is 7.60. The maximum atomic E-state index is 13.5. The van der Waals surface area contributed by atoms with E-state index in [0.29, 0.717) is 29.3 Å². The highest BCUT2D eigenvalue weighted by atomic mass is 16.2. The molecular weight excluding hydrogens is 496 g/mol. The largest absolute Gasteiger partial charge is 0.371 e. The number of nitrogens with one attached hydrogen (secondary N) is 2. The Balaban J connectivity index is 1.32. The molecule has 0 radical (unpaired) electrons. The molecule has 2 heterocycles. The molecule has 0 unspecified atom stereocenters. The Hall–Kier alpha value is -4.45. The number of nitrogens with zero attached hydrogens (tertiary/aromatic N) is 2. The molecule has 0 atom stereocenters. The first kappa shape index (κ1) is 27.1. The summed E-state index contributed by atoms with van der Waals surface area (Å²) in [6, 6.07) is 27.7.